The van der Waals surface area contributed by atoms with Crippen molar-refractivity contribution < 1.29 is 66.4 Å². The lowest BCUT2D eigenvalue weighted by Crippen LogP contribution is -2.49. The predicted molar refractivity (Wildman–Crippen MR) is 312 cm³/mol. The summed E-state index contributed by atoms with van der Waals surface area (Å²) in [6.07, 6.45) is 3.64. The first-order valence-corrected chi connectivity index (χ1v) is 29.6. The topological polar surface area (TPSA) is 197 Å². The number of fused-ring (bicyclic) bond motifs is 7. The Hall–Kier alpha value is -5.40. The maximum absolute atomic E-state index is 14.5. The minimum absolute atomic E-state index is 0.0209. The first-order valence-electron chi connectivity index (χ1n) is 28.1. The molecule has 1 saturated carbocycles. The molecule has 0 unspecified atom stereocenters. The molecule has 3 aliphatic heterocycles. The van der Waals surface area contributed by atoms with Crippen molar-refractivity contribution in [2.45, 2.75) is 63.8 Å². The number of aromatic nitrogens is 4. The van der Waals surface area contributed by atoms with Crippen LogP contribution in [0.2, 0.25) is 10.0 Å². The van der Waals surface area contributed by atoms with E-state index in [4.69, 9.17) is 85.3 Å². The van der Waals surface area contributed by atoms with Crippen LogP contribution in [0.1, 0.15) is 47.5 Å². The van der Waals surface area contributed by atoms with Crippen molar-refractivity contribution in [2.75, 3.05) is 139 Å². The summed E-state index contributed by atoms with van der Waals surface area (Å²) in [6.45, 7) is 14.0. The number of halogens is 3. The Bertz CT molecular complexity index is 3050. The van der Waals surface area contributed by atoms with Gasteiger partial charge < -0.3 is 62.1 Å². The first kappa shape index (κ1) is 62.1. The molecule has 2 fully saturated rings. The van der Waals surface area contributed by atoms with Gasteiger partial charge in [-0.3, -0.25) is 4.90 Å². The summed E-state index contributed by atoms with van der Waals surface area (Å²) in [5.74, 6) is 0.214. The van der Waals surface area contributed by atoms with Crippen LogP contribution in [0.25, 0.3) is 31.8 Å². The zero-order chi connectivity index (χ0) is 58.1. The number of nitrogens with zero attached hydrogens (tertiary/aromatic N) is 6. The third-order valence-corrected chi connectivity index (χ3v) is 17.0. The Morgan fingerprint density at radius 3 is 2.05 bits per heavy atom. The van der Waals surface area contributed by atoms with Crippen LogP contribution >= 0.6 is 34.5 Å². The number of carbonyl (C=O) groups is 1. The lowest BCUT2D eigenvalue weighted by Gasteiger charge is -2.40. The summed E-state index contributed by atoms with van der Waals surface area (Å²) in [5, 5.41) is 12.0. The van der Waals surface area contributed by atoms with E-state index in [0.29, 0.717) is 180 Å². The molecule has 0 radical (unpaired) electrons. The van der Waals surface area contributed by atoms with Crippen molar-refractivity contribution in [3.63, 3.8) is 0 Å². The molecule has 83 heavy (non-hydrogen) atoms. The number of aliphatic carboxylic acids is 1. The SMILES string of the molecule is COCCOCCOCCOCCOCCOCCOCC1(c2nccc(COc3ccc4cc3C[C@H](C(=O)O)Oc3ncnc5sc(-c6ccc(F)cc6)c(c35)-c3c(C)c(Cl)c(c(Cl)c3C)O[C@H](CN3CCN(C)CC3)CO4)n2)CCC1. The summed E-state index contributed by atoms with van der Waals surface area (Å²) >= 11 is 16.1. The molecule has 4 bridgehead atoms. The molecule has 23 heteroatoms. The highest BCUT2D eigenvalue weighted by molar-refractivity contribution is 7.22. The minimum Gasteiger partial charge on any atom is -0.490 e. The van der Waals surface area contributed by atoms with E-state index in [2.05, 4.69) is 26.8 Å². The summed E-state index contributed by atoms with van der Waals surface area (Å²) in [6, 6.07) is 13.2. The number of ether oxygens (including phenoxy) is 11. The summed E-state index contributed by atoms with van der Waals surface area (Å²) in [5.41, 5.74) is 4.02. The number of rotatable bonds is 28. The summed E-state index contributed by atoms with van der Waals surface area (Å²) in [4.78, 5) is 38.3. The third kappa shape index (κ3) is 16.3. The van der Waals surface area contributed by atoms with Crippen molar-refractivity contribution in [1.29, 1.82) is 0 Å². The molecule has 3 aromatic carbocycles. The van der Waals surface area contributed by atoms with E-state index in [0.717, 1.165) is 45.4 Å². The van der Waals surface area contributed by atoms with Gasteiger partial charge in [-0.1, -0.05) is 41.8 Å². The second-order valence-electron chi connectivity index (χ2n) is 20.7. The molecule has 6 aromatic rings. The predicted octanol–water partition coefficient (Wildman–Crippen LogP) is 9.09. The maximum Gasteiger partial charge on any atom is 0.345 e. The van der Waals surface area contributed by atoms with Gasteiger partial charge in [0.05, 0.1) is 112 Å². The molecule has 1 saturated heterocycles. The minimum atomic E-state index is -1.48. The molecule has 2 atom stereocenters. The number of benzene rings is 3. The zero-order valence-corrected chi connectivity index (χ0v) is 49.8. The molecule has 19 nitrogen and oxygen atoms in total. The number of hydrogen-bond acceptors (Lipinski definition) is 19. The Morgan fingerprint density at radius 2 is 1.43 bits per heavy atom. The van der Waals surface area contributed by atoms with Gasteiger partial charge in [0.1, 0.15) is 53.6 Å². The lowest BCUT2D eigenvalue weighted by atomic mass is 9.68. The number of thiophene rings is 1. The molecule has 0 spiro atoms. The molecule has 4 aliphatic rings. The molecule has 6 heterocycles. The summed E-state index contributed by atoms with van der Waals surface area (Å²) in [7, 11) is 3.74. The van der Waals surface area contributed by atoms with Gasteiger partial charge in [-0.05, 0) is 92.4 Å². The average Bonchev–Trinajstić information content (AvgIpc) is 3.25. The fraction of sp³-hybridized carbons (Fsp3) is 0.517. The fourth-order valence-corrected chi connectivity index (χ4v) is 11.8. The van der Waals surface area contributed by atoms with Gasteiger partial charge in [-0.2, -0.15) is 0 Å². The van der Waals surface area contributed by atoms with Crippen molar-refractivity contribution in [1.82, 2.24) is 29.7 Å². The van der Waals surface area contributed by atoms with Crippen LogP contribution in [0.4, 0.5) is 4.39 Å². The normalized spacial score (nSPS) is 17.4. The highest BCUT2D eigenvalue weighted by Crippen LogP contribution is 2.53. The van der Waals surface area contributed by atoms with E-state index in [1.54, 1.807) is 49.7 Å². The monoisotopic (exact) mass is 1210 g/mol. The smallest absolute Gasteiger partial charge is 0.345 e. The fourth-order valence-electron chi connectivity index (χ4n) is 10.1. The standard InChI is InChI=1S/C60H73Cl2FN6O13S/c1-39-49-40(2)53(62)54(52(39)61)81-46(34-69-18-16-68(3)17-19-69)36-79-45-10-11-47(42(32-45)33-48(58(70)71)82-56-51-50(49)55(83-57(51)66-38-65-56)41-6-8-43(63)9-7-41)80-35-44-12-15-64-59(67-44)60(13-5-14-60)37-78-31-30-77-29-28-76-27-26-75-25-24-74-23-22-73-21-20-72-4/h6-12,15,32,38,46,48H,5,13-14,16-31,33-37H2,1-4H3,(H,70,71)/t46-,48-/m1/s1. The van der Waals surface area contributed by atoms with E-state index < -0.39 is 24.0 Å². The molecule has 3 aromatic heterocycles. The average molecular weight is 1210 g/mol. The Labute approximate surface area is 497 Å². The zero-order valence-electron chi connectivity index (χ0n) is 47.5. The van der Waals surface area contributed by atoms with Crippen LogP contribution in [-0.2, 0) is 56.4 Å². The highest BCUT2D eigenvalue weighted by Gasteiger charge is 2.42. The number of carboxylic acid groups (broad SMARTS) is 1. The van der Waals surface area contributed by atoms with E-state index in [9.17, 15) is 14.3 Å². The molecule has 448 valence electrons. The molecular weight excluding hydrogens is 1130 g/mol. The van der Waals surface area contributed by atoms with Crippen LogP contribution < -0.4 is 18.9 Å². The van der Waals surface area contributed by atoms with Crippen molar-refractivity contribution >= 4 is 50.7 Å². The van der Waals surface area contributed by atoms with E-state index in [1.807, 2.05) is 13.8 Å². The van der Waals surface area contributed by atoms with Crippen molar-refractivity contribution in [3.05, 3.63) is 105 Å². The second kappa shape index (κ2) is 30.6. The molecule has 0 amide bonds. The highest BCUT2D eigenvalue weighted by atomic mass is 35.5. The van der Waals surface area contributed by atoms with Gasteiger partial charge in [-0.25, -0.2) is 29.1 Å². The number of likely N-dealkylation sites (N-methyl/N-ethyl adjacent to an activating group) is 1. The van der Waals surface area contributed by atoms with Crippen LogP contribution in [0.5, 0.6) is 23.1 Å². The molecule has 10 rings (SSSR count). The van der Waals surface area contributed by atoms with Gasteiger partial charge >= 0.3 is 5.97 Å². The lowest BCUT2D eigenvalue weighted by molar-refractivity contribution is -0.145. The van der Waals surface area contributed by atoms with Gasteiger partial charge in [0, 0.05) is 68.5 Å². The molecular formula is C60H73Cl2FN6O13S. The first-order chi connectivity index (χ1) is 40.4. The Kier molecular flexibility index (Phi) is 22.9. The van der Waals surface area contributed by atoms with Gasteiger partial charge in [0.2, 0.25) is 12.0 Å². The Morgan fingerprint density at radius 1 is 0.795 bits per heavy atom. The molecule has 1 N–H and O–H groups in total. The van der Waals surface area contributed by atoms with Gasteiger partial charge in [0.25, 0.3) is 0 Å². The van der Waals surface area contributed by atoms with Crippen LogP contribution in [0.3, 0.4) is 0 Å². The Balaban J connectivity index is 0.897. The van der Waals surface area contributed by atoms with E-state index in [-0.39, 0.29) is 30.9 Å². The number of methoxy groups -OCH3 is 1. The number of hydrogen-bond donors (Lipinski definition) is 1. The largest absolute Gasteiger partial charge is 0.490 e. The van der Waals surface area contributed by atoms with Gasteiger partial charge in [-0.15, -0.1) is 11.3 Å². The summed E-state index contributed by atoms with van der Waals surface area (Å²) < 4.78 is 79.9. The maximum atomic E-state index is 14.5. The van der Waals surface area contributed by atoms with E-state index in [1.165, 1.54) is 29.8 Å². The van der Waals surface area contributed by atoms with Crippen molar-refractivity contribution in [3.8, 4) is 44.7 Å². The van der Waals surface area contributed by atoms with Crippen LogP contribution in [-0.4, -0.2) is 192 Å². The third-order valence-electron chi connectivity index (χ3n) is 14.9. The van der Waals surface area contributed by atoms with E-state index >= 15 is 0 Å². The second-order valence-corrected chi connectivity index (χ2v) is 22.5. The van der Waals surface area contributed by atoms with Crippen molar-refractivity contribution in [2.24, 2.45) is 0 Å². The molecule has 1 aliphatic carbocycles. The van der Waals surface area contributed by atoms with Crippen LogP contribution in [0, 0.1) is 19.7 Å². The van der Waals surface area contributed by atoms with Gasteiger partial charge in [0.15, 0.2) is 5.75 Å². The van der Waals surface area contributed by atoms with Crippen LogP contribution in [0.15, 0.2) is 61.1 Å². The quantitative estimate of drug-likeness (QED) is 0.0456. The number of carboxylic acids is 1. The number of piperazine rings is 1.